The van der Waals surface area contributed by atoms with Gasteiger partial charge >= 0.3 is 0 Å². The molecular weight excluding hydrogens is 257 g/mol. The van der Waals surface area contributed by atoms with Gasteiger partial charge in [0.15, 0.2) is 0 Å². The Morgan fingerprint density at radius 2 is 1.71 bits per heavy atom. The molecule has 0 unspecified atom stereocenters. The maximum atomic E-state index is 11.8. The summed E-state index contributed by atoms with van der Waals surface area (Å²) in [6, 6.07) is 5.43. The van der Waals surface area contributed by atoms with Gasteiger partial charge < -0.3 is 4.90 Å². The Hall–Kier alpha value is -0.730. The van der Waals surface area contributed by atoms with Crippen molar-refractivity contribution in [2.45, 2.75) is 25.7 Å². The van der Waals surface area contributed by atoms with Gasteiger partial charge in [-0.15, -0.1) is 0 Å². The highest BCUT2D eigenvalue weighted by Gasteiger charge is 2.17. The number of rotatable bonds is 3. The molecule has 2 rings (SSSR count). The minimum Gasteiger partial charge on any atom is -0.343 e. The van der Waals surface area contributed by atoms with E-state index in [4.69, 9.17) is 23.2 Å². The summed E-state index contributed by atoms with van der Waals surface area (Å²) < 4.78 is 0. The van der Waals surface area contributed by atoms with Crippen LogP contribution in [0.15, 0.2) is 18.2 Å². The quantitative estimate of drug-likeness (QED) is 0.824. The fraction of sp³-hybridized carbons (Fsp3) is 0.462. The van der Waals surface area contributed by atoms with Crippen LogP contribution in [0.4, 0.5) is 0 Å². The smallest absolute Gasteiger partial charge is 0.222 e. The second-order valence-corrected chi connectivity index (χ2v) is 5.24. The van der Waals surface area contributed by atoms with Crippen molar-refractivity contribution >= 4 is 29.1 Å². The first-order valence-electron chi connectivity index (χ1n) is 5.88. The molecule has 1 saturated heterocycles. The molecule has 1 aliphatic rings. The number of benzene rings is 1. The molecule has 1 aromatic carbocycles. The molecule has 0 aliphatic carbocycles. The zero-order valence-corrected chi connectivity index (χ0v) is 11.1. The molecule has 0 bridgehead atoms. The number of amides is 1. The lowest BCUT2D eigenvalue weighted by atomic mass is 10.1. The predicted molar refractivity (Wildman–Crippen MR) is 70.6 cm³/mol. The summed E-state index contributed by atoms with van der Waals surface area (Å²) in [5.74, 6) is 0.235. The molecule has 0 N–H and O–H groups in total. The molecule has 0 atom stereocenters. The third-order valence-corrected chi connectivity index (χ3v) is 3.45. The Morgan fingerprint density at radius 1 is 1.12 bits per heavy atom. The Kier molecular flexibility index (Phi) is 4.30. The molecule has 2 nitrogen and oxygen atoms in total. The molecule has 1 aromatic rings. The molecular formula is C13H15Cl2NO. The van der Waals surface area contributed by atoms with Gasteiger partial charge in [-0.1, -0.05) is 23.2 Å². The van der Waals surface area contributed by atoms with Gasteiger partial charge in [0.05, 0.1) is 0 Å². The maximum absolute atomic E-state index is 11.8. The van der Waals surface area contributed by atoms with Crippen molar-refractivity contribution in [1.29, 1.82) is 0 Å². The molecule has 1 fully saturated rings. The van der Waals surface area contributed by atoms with Crippen LogP contribution in [-0.2, 0) is 11.2 Å². The predicted octanol–water partition coefficient (Wildman–Crippen LogP) is 3.55. The topological polar surface area (TPSA) is 20.3 Å². The van der Waals surface area contributed by atoms with E-state index in [2.05, 4.69) is 0 Å². The van der Waals surface area contributed by atoms with Crippen LogP contribution < -0.4 is 0 Å². The standard InChI is InChI=1S/C13H15Cl2NO/c14-11-7-10(8-12(15)9-11)3-4-13(17)16-5-1-2-6-16/h7-9H,1-6H2. The van der Waals surface area contributed by atoms with E-state index in [9.17, 15) is 4.79 Å². The van der Waals surface area contributed by atoms with Crippen LogP contribution in [-0.4, -0.2) is 23.9 Å². The van der Waals surface area contributed by atoms with Gasteiger partial charge in [0.25, 0.3) is 0 Å². The van der Waals surface area contributed by atoms with Crippen LogP contribution in [0.3, 0.4) is 0 Å². The Balaban J connectivity index is 1.90. The summed E-state index contributed by atoms with van der Waals surface area (Å²) in [6.45, 7) is 1.82. The van der Waals surface area contributed by atoms with Gasteiger partial charge in [0.2, 0.25) is 5.91 Å². The van der Waals surface area contributed by atoms with E-state index in [0.29, 0.717) is 22.9 Å². The molecule has 92 valence electrons. The lowest BCUT2D eigenvalue weighted by Gasteiger charge is -2.14. The van der Waals surface area contributed by atoms with Crippen molar-refractivity contribution in [1.82, 2.24) is 4.90 Å². The van der Waals surface area contributed by atoms with Crippen molar-refractivity contribution in [2.24, 2.45) is 0 Å². The van der Waals surface area contributed by atoms with Crippen molar-refractivity contribution in [3.8, 4) is 0 Å². The third-order valence-electron chi connectivity index (χ3n) is 3.01. The van der Waals surface area contributed by atoms with E-state index < -0.39 is 0 Å². The van der Waals surface area contributed by atoms with Gasteiger partial charge in [0, 0.05) is 29.6 Å². The van der Waals surface area contributed by atoms with Gasteiger partial charge in [-0.25, -0.2) is 0 Å². The van der Waals surface area contributed by atoms with E-state index in [1.807, 2.05) is 17.0 Å². The van der Waals surface area contributed by atoms with Crippen LogP contribution in [0.1, 0.15) is 24.8 Å². The van der Waals surface area contributed by atoms with Crippen molar-refractivity contribution in [3.05, 3.63) is 33.8 Å². The zero-order chi connectivity index (χ0) is 12.3. The molecule has 4 heteroatoms. The first-order valence-corrected chi connectivity index (χ1v) is 6.63. The van der Waals surface area contributed by atoms with Gasteiger partial charge in [-0.05, 0) is 43.0 Å². The Morgan fingerprint density at radius 3 is 2.29 bits per heavy atom. The molecule has 0 saturated carbocycles. The van der Waals surface area contributed by atoms with Crippen LogP contribution in [0.5, 0.6) is 0 Å². The minimum atomic E-state index is 0.235. The molecule has 1 amide bonds. The number of hydrogen-bond acceptors (Lipinski definition) is 1. The highest BCUT2D eigenvalue weighted by Crippen LogP contribution is 2.20. The van der Waals surface area contributed by atoms with E-state index >= 15 is 0 Å². The summed E-state index contributed by atoms with van der Waals surface area (Å²) >= 11 is 11.8. The van der Waals surface area contributed by atoms with Gasteiger partial charge in [0.1, 0.15) is 0 Å². The van der Waals surface area contributed by atoms with Crippen molar-refractivity contribution < 1.29 is 4.79 Å². The lowest BCUT2D eigenvalue weighted by molar-refractivity contribution is -0.130. The fourth-order valence-electron chi connectivity index (χ4n) is 2.13. The van der Waals surface area contributed by atoms with Crippen LogP contribution in [0.25, 0.3) is 0 Å². The van der Waals surface area contributed by atoms with Crippen LogP contribution in [0.2, 0.25) is 10.0 Å². The second kappa shape index (κ2) is 5.74. The van der Waals surface area contributed by atoms with E-state index in [1.54, 1.807) is 6.07 Å². The summed E-state index contributed by atoms with van der Waals surface area (Å²) in [4.78, 5) is 13.8. The average Bonchev–Trinajstić information content (AvgIpc) is 2.78. The van der Waals surface area contributed by atoms with Gasteiger partial charge in [-0.3, -0.25) is 4.79 Å². The third kappa shape index (κ3) is 3.62. The zero-order valence-electron chi connectivity index (χ0n) is 9.59. The number of likely N-dealkylation sites (tertiary alicyclic amines) is 1. The van der Waals surface area contributed by atoms with E-state index in [1.165, 1.54) is 0 Å². The highest BCUT2D eigenvalue weighted by molar-refractivity contribution is 6.34. The van der Waals surface area contributed by atoms with Crippen molar-refractivity contribution in [3.63, 3.8) is 0 Å². The molecule has 1 heterocycles. The second-order valence-electron chi connectivity index (χ2n) is 4.37. The first kappa shape index (κ1) is 12.7. The molecule has 0 radical (unpaired) electrons. The number of nitrogens with zero attached hydrogens (tertiary/aromatic N) is 1. The summed E-state index contributed by atoms with van der Waals surface area (Å²) in [5, 5.41) is 1.25. The SMILES string of the molecule is O=C(CCc1cc(Cl)cc(Cl)c1)N1CCCC1. The number of aryl methyl sites for hydroxylation is 1. The number of carbonyl (C=O) groups is 1. The molecule has 0 spiro atoms. The number of hydrogen-bond donors (Lipinski definition) is 0. The largest absolute Gasteiger partial charge is 0.343 e. The lowest BCUT2D eigenvalue weighted by Crippen LogP contribution is -2.27. The summed E-state index contributed by atoms with van der Waals surface area (Å²) in [6.07, 6.45) is 3.51. The average molecular weight is 272 g/mol. The van der Waals surface area contributed by atoms with Crippen LogP contribution >= 0.6 is 23.2 Å². The monoisotopic (exact) mass is 271 g/mol. The summed E-state index contributed by atoms with van der Waals surface area (Å²) in [7, 11) is 0. The minimum absolute atomic E-state index is 0.235. The maximum Gasteiger partial charge on any atom is 0.222 e. The Bertz CT molecular complexity index is 394. The van der Waals surface area contributed by atoms with E-state index in [0.717, 1.165) is 31.5 Å². The Labute approximate surface area is 112 Å². The highest BCUT2D eigenvalue weighted by atomic mass is 35.5. The van der Waals surface area contributed by atoms with Crippen LogP contribution in [0, 0.1) is 0 Å². The fourth-order valence-corrected chi connectivity index (χ4v) is 2.70. The molecule has 1 aliphatic heterocycles. The van der Waals surface area contributed by atoms with E-state index in [-0.39, 0.29) is 5.91 Å². The molecule has 0 aromatic heterocycles. The normalized spacial score (nSPS) is 15.3. The number of halogens is 2. The van der Waals surface area contributed by atoms with Gasteiger partial charge in [-0.2, -0.15) is 0 Å². The molecule has 17 heavy (non-hydrogen) atoms. The number of carbonyl (C=O) groups excluding carboxylic acids is 1. The summed E-state index contributed by atoms with van der Waals surface area (Å²) in [5.41, 5.74) is 1.02. The van der Waals surface area contributed by atoms with Crippen molar-refractivity contribution in [2.75, 3.05) is 13.1 Å². The first-order chi connectivity index (χ1) is 8.15.